The summed E-state index contributed by atoms with van der Waals surface area (Å²) in [6.07, 6.45) is 6.33. The van der Waals surface area contributed by atoms with Crippen molar-refractivity contribution >= 4 is 34.5 Å². The first-order valence-electron chi connectivity index (χ1n) is 17.3. The molecule has 0 aromatic heterocycles. The number of nitrogens with two attached hydrogens (primary N) is 2. The molecule has 5 amide bonds. The molecule has 3 atom stereocenters. The van der Waals surface area contributed by atoms with Crippen LogP contribution >= 0.6 is 0 Å². The Balaban J connectivity index is 0.000000365. The van der Waals surface area contributed by atoms with Gasteiger partial charge in [-0.1, -0.05) is 72.8 Å². The molecular weight excluding hydrogens is 604 g/mol. The van der Waals surface area contributed by atoms with Crippen LogP contribution in [0.15, 0.2) is 72.8 Å². The maximum atomic E-state index is 13.7. The zero-order valence-electron chi connectivity index (χ0n) is 28.5. The molecule has 0 radical (unpaired) electrons. The van der Waals surface area contributed by atoms with Crippen molar-refractivity contribution in [1.82, 2.24) is 20.4 Å². The normalized spacial score (nSPS) is 19.0. The van der Waals surface area contributed by atoms with Gasteiger partial charge >= 0.3 is 6.03 Å². The van der Waals surface area contributed by atoms with Gasteiger partial charge in [0.15, 0.2) is 0 Å². The van der Waals surface area contributed by atoms with Crippen LogP contribution in [-0.2, 0) is 27.2 Å². The Morgan fingerprint density at radius 1 is 0.833 bits per heavy atom. The lowest BCUT2D eigenvalue weighted by molar-refractivity contribution is -0.142. The molecular formula is C38H52N6O4. The molecule has 6 N–H and O–H groups in total. The molecule has 10 nitrogen and oxygen atoms in total. The summed E-state index contributed by atoms with van der Waals surface area (Å²) in [5.74, 6) is -0.0339. The predicted molar refractivity (Wildman–Crippen MR) is 190 cm³/mol. The van der Waals surface area contributed by atoms with Gasteiger partial charge in [0, 0.05) is 51.6 Å². The fourth-order valence-electron chi connectivity index (χ4n) is 6.81. The molecule has 3 aromatic carbocycles. The third kappa shape index (κ3) is 10.3. The molecule has 0 bridgehead atoms. The van der Waals surface area contributed by atoms with Crippen molar-refractivity contribution in [3.63, 3.8) is 0 Å². The van der Waals surface area contributed by atoms with Crippen molar-refractivity contribution in [3.8, 4) is 0 Å². The largest absolute Gasteiger partial charge is 0.356 e. The second-order valence-corrected chi connectivity index (χ2v) is 13.2. The summed E-state index contributed by atoms with van der Waals surface area (Å²) < 4.78 is 0. The molecule has 2 fully saturated rings. The highest BCUT2D eigenvalue weighted by Gasteiger charge is 2.44. The molecule has 2 saturated heterocycles. The molecule has 0 saturated carbocycles. The van der Waals surface area contributed by atoms with Crippen LogP contribution in [0.3, 0.4) is 0 Å². The lowest BCUT2D eigenvalue weighted by atomic mass is 9.74. The van der Waals surface area contributed by atoms with Crippen LogP contribution in [0.5, 0.6) is 0 Å². The SMILES string of the molecule is CC(N)CC(=O)N1CCCCC1.CCNC(=O)[C@]1(Cc2ccccc2)CCCN(C(=O)[C@@H](Cc2ccc3ccccc3c2)NC(N)=O)C1. The monoisotopic (exact) mass is 656 g/mol. The van der Waals surface area contributed by atoms with Crippen LogP contribution in [0, 0.1) is 5.41 Å². The lowest BCUT2D eigenvalue weighted by Crippen LogP contribution is -2.58. The number of hydrogen-bond donors (Lipinski definition) is 4. The lowest BCUT2D eigenvalue weighted by Gasteiger charge is -2.43. The summed E-state index contributed by atoms with van der Waals surface area (Å²) in [5, 5.41) is 7.81. The second kappa shape index (κ2) is 17.6. The fourth-order valence-corrected chi connectivity index (χ4v) is 6.81. The van der Waals surface area contributed by atoms with E-state index >= 15 is 0 Å². The van der Waals surface area contributed by atoms with E-state index in [0.29, 0.717) is 51.7 Å². The Morgan fingerprint density at radius 2 is 1.50 bits per heavy atom. The van der Waals surface area contributed by atoms with Crippen LogP contribution in [-0.4, -0.2) is 78.4 Å². The van der Waals surface area contributed by atoms with Crippen LogP contribution in [0.4, 0.5) is 4.79 Å². The van der Waals surface area contributed by atoms with Crippen molar-refractivity contribution in [3.05, 3.63) is 83.9 Å². The highest BCUT2D eigenvalue weighted by Crippen LogP contribution is 2.35. The van der Waals surface area contributed by atoms with Crippen molar-refractivity contribution in [2.45, 2.75) is 77.3 Å². The van der Waals surface area contributed by atoms with Crippen LogP contribution in [0.25, 0.3) is 10.8 Å². The van der Waals surface area contributed by atoms with Gasteiger partial charge in [0.2, 0.25) is 17.7 Å². The van der Waals surface area contributed by atoms with Gasteiger partial charge in [-0.3, -0.25) is 14.4 Å². The zero-order chi connectivity index (χ0) is 34.5. The number of urea groups is 1. The molecule has 0 spiro atoms. The molecule has 1 unspecified atom stereocenters. The number of carbonyl (C=O) groups excluding carboxylic acids is 4. The maximum Gasteiger partial charge on any atom is 0.312 e. The Kier molecular flexibility index (Phi) is 13.4. The van der Waals surface area contributed by atoms with Gasteiger partial charge in [-0.25, -0.2) is 4.79 Å². The van der Waals surface area contributed by atoms with Crippen molar-refractivity contribution in [2.24, 2.45) is 16.9 Å². The van der Waals surface area contributed by atoms with Gasteiger partial charge in [-0.05, 0) is 74.3 Å². The summed E-state index contributed by atoms with van der Waals surface area (Å²) in [5.41, 5.74) is 12.3. The molecule has 258 valence electrons. The maximum absolute atomic E-state index is 13.7. The van der Waals surface area contributed by atoms with Gasteiger partial charge in [-0.15, -0.1) is 0 Å². The third-order valence-corrected chi connectivity index (χ3v) is 9.17. The highest BCUT2D eigenvalue weighted by molar-refractivity contribution is 5.89. The minimum absolute atomic E-state index is 0.000531. The summed E-state index contributed by atoms with van der Waals surface area (Å²) in [6.45, 7) is 7.00. The van der Waals surface area contributed by atoms with Gasteiger partial charge in [0.1, 0.15) is 6.04 Å². The fraction of sp³-hybridized carbons (Fsp3) is 0.474. The summed E-state index contributed by atoms with van der Waals surface area (Å²) in [4.78, 5) is 54.0. The first-order chi connectivity index (χ1) is 23.1. The van der Waals surface area contributed by atoms with Crippen molar-refractivity contribution < 1.29 is 19.2 Å². The molecule has 3 aromatic rings. The van der Waals surface area contributed by atoms with Crippen molar-refractivity contribution in [1.29, 1.82) is 0 Å². The highest BCUT2D eigenvalue weighted by atomic mass is 16.2. The second-order valence-electron chi connectivity index (χ2n) is 13.2. The number of primary amides is 1. The smallest absolute Gasteiger partial charge is 0.312 e. The molecule has 10 heteroatoms. The Morgan fingerprint density at radius 3 is 2.17 bits per heavy atom. The number of hydrogen-bond acceptors (Lipinski definition) is 5. The summed E-state index contributed by atoms with van der Waals surface area (Å²) >= 11 is 0. The first-order valence-corrected chi connectivity index (χ1v) is 17.3. The molecule has 2 heterocycles. The molecule has 0 aliphatic carbocycles. The van der Waals surface area contributed by atoms with Gasteiger partial charge < -0.3 is 31.9 Å². The standard InChI is InChI=1S/C29H34N4O3.C9H18N2O/c1-2-31-27(35)29(19-21-9-4-3-5-10-21)15-8-16-33(20-29)26(34)25(32-28(30)36)18-22-13-14-23-11-6-7-12-24(23)17-22;1-8(10)7-9(12)11-5-3-2-4-6-11/h3-7,9-14,17,25H,2,8,15-16,18-20H2,1H3,(H,31,35)(H3,30,32,36);8H,2-7,10H2,1H3/t25-,29+;/m1./s1. The molecule has 2 aliphatic heterocycles. The Bertz CT molecular complexity index is 1520. The number of fused-ring (bicyclic) bond motifs is 1. The van der Waals surface area contributed by atoms with Gasteiger partial charge in [-0.2, -0.15) is 0 Å². The topological polar surface area (TPSA) is 151 Å². The number of benzene rings is 3. The number of rotatable bonds is 10. The van der Waals surface area contributed by atoms with E-state index in [1.165, 1.54) is 6.42 Å². The average Bonchev–Trinajstić information content (AvgIpc) is 3.08. The van der Waals surface area contributed by atoms with E-state index in [1.807, 2.05) is 91.5 Å². The number of likely N-dealkylation sites (tertiary alicyclic amines) is 2. The molecule has 48 heavy (non-hydrogen) atoms. The summed E-state index contributed by atoms with van der Waals surface area (Å²) in [6, 6.07) is 22.4. The van der Waals surface area contributed by atoms with Crippen LogP contribution < -0.4 is 22.1 Å². The average molecular weight is 657 g/mol. The van der Waals surface area contributed by atoms with Gasteiger partial charge in [0.25, 0.3) is 0 Å². The quantitative estimate of drug-likeness (QED) is 0.259. The van der Waals surface area contributed by atoms with Crippen molar-refractivity contribution in [2.75, 3.05) is 32.7 Å². The minimum Gasteiger partial charge on any atom is -0.356 e. The van der Waals surface area contributed by atoms with Crippen LogP contribution in [0.1, 0.15) is 63.5 Å². The molecule has 2 aliphatic rings. The number of carbonyl (C=O) groups is 4. The van der Waals surface area contributed by atoms with E-state index in [-0.39, 0.29) is 23.8 Å². The van der Waals surface area contributed by atoms with E-state index in [1.54, 1.807) is 4.90 Å². The van der Waals surface area contributed by atoms with E-state index < -0.39 is 17.5 Å². The summed E-state index contributed by atoms with van der Waals surface area (Å²) in [7, 11) is 0. The number of amides is 5. The Hall–Kier alpha value is -4.44. The number of piperidine rings is 2. The third-order valence-electron chi connectivity index (χ3n) is 9.17. The first kappa shape index (κ1) is 36.4. The number of nitrogens with one attached hydrogen (secondary N) is 2. The number of nitrogens with zero attached hydrogens (tertiary/aromatic N) is 2. The molecule has 5 rings (SSSR count). The van der Waals surface area contributed by atoms with Crippen LogP contribution in [0.2, 0.25) is 0 Å². The van der Waals surface area contributed by atoms with E-state index in [2.05, 4.69) is 10.6 Å². The zero-order valence-corrected chi connectivity index (χ0v) is 28.5. The Labute approximate surface area is 284 Å². The van der Waals surface area contributed by atoms with E-state index in [4.69, 9.17) is 11.5 Å². The van der Waals surface area contributed by atoms with E-state index in [9.17, 15) is 19.2 Å². The van der Waals surface area contributed by atoms with E-state index in [0.717, 1.165) is 47.8 Å². The predicted octanol–water partition coefficient (Wildman–Crippen LogP) is 4.14. The minimum atomic E-state index is -0.814. The van der Waals surface area contributed by atoms with Gasteiger partial charge in [0.05, 0.1) is 5.41 Å².